The SMILES string of the molecule is CCCN1C(C)=CCC(=O)C(O)=C1C(=O)NCCC(C)C. The molecular formula is C16H26N2O3. The maximum Gasteiger partial charge on any atom is 0.271 e. The summed E-state index contributed by atoms with van der Waals surface area (Å²) in [6, 6.07) is 0. The Bertz CT molecular complexity index is 464. The Balaban J connectivity index is 2.99. The lowest BCUT2D eigenvalue weighted by Crippen LogP contribution is -2.36. The number of rotatable bonds is 6. The van der Waals surface area contributed by atoms with Crippen LogP contribution in [-0.2, 0) is 9.59 Å². The zero-order valence-corrected chi connectivity index (χ0v) is 13.4. The van der Waals surface area contributed by atoms with Crippen LogP contribution in [0.3, 0.4) is 0 Å². The number of Topliss-reactive ketones (excluding diaryl/α,β-unsaturated/α-hetero) is 1. The van der Waals surface area contributed by atoms with E-state index in [-0.39, 0.29) is 18.0 Å². The predicted molar refractivity (Wildman–Crippen MR) is 82.5 cm³/mol. The van der Waals surface area contributed by atoms with Crippen LogP contribution < -0.4 is 5.32 Å². The standard InChI is InChI=1S/C16H26N2O3/c1-5-10-18-12(4)6-7-13(19)15(20)14(18)16(21)17-9-8-11(2)3/h6,11,20H,5,7-10H2,1-4H3,(H,17,21). The Morgan fingerprint density at radius 1 is 1.48 bits per heavy atom. The van der Waals surface area contributed by atoms with Gasteiger partial charge >= 0.3 is 0 Å². The van der Waals surface area contributed by atoms with Crippen LogP contribution in [0.2, 0.25) is 0 Å². The second kappa shape index (κ2) is 7.86. The van der Waals surface area contributed by atoms with Crippen molar-refractivity contribution < 1.29 is 14.7 Å². The monoisotopic (exact) mass is 294 g/mol. The molecule has 21 heavy (non-hydrogen) atoms. The third-order valence-electron chi connectivity index (χ3n) is 3.44. The summed E-state index contributed by atoms with van der Waals surface area (Å²) in [4.78, 5) is 25.9. The van der Waals surface area contributed by atoms with Crippen LogP contribution in [0.15, 0.2) is 23.2 Å². The molecule has 0 saturated heterocycles. The first kappa shape index (κ1) is 17.3. The summed E-state index contributed by atoms with van der Waals surface area (Å²) >= 11 is 0. The van der Waals surface area contributed by atoms with E-state index in [0.29, 0.717) is 19.0 Å². The highest BCUT2D eigenvalue weighted by Crippen LogP contribution is 2.22. The number of hydrogen-bond donors (Lipinski definition) is 2. The van der Waals surface area contributed by atoms with Crippen LogP contribution in [-0.4, -0.2) is 34.8 Å². The number of ketones is 1. The molecule has 1 amide bonds. The molecule has 0 aromatic rings. The molecule has 1 rings (SSSR count). The lowest BCUT2D eigenvalue weighted by Gasteiger charge is -2.26. The fraction of sp³-hybridized carbons (Fsp3) is 0.625. The summed E-state index contributed by atoms with van der Waals surface area (Å²) in [6.45, 7) is 9.12. The zero-order chi connectivity index (χ0) is 16.0. The number of allylic oxidation sites excluding steroid dienone is 3. The van der Waals surface area contributed by atoms with Crippen LogP contribution in [0.4, 0.5) is 0 Å². The van der Waals surface area contributed by atoms with Crippen molar-refractivity contribution in [2.45, 2.75) is 47.0 Å². The van der Waals surface area contributed by atoms with Crippen LogP contribution in [0.5, 0.6) is 0 Å². The lowest BCUT2D eigenvalue weighted by molar-refractivity contribution is -0.121. The van der Waals surface area contributed by atoms with Gasteiger partial charge in [-0.2, -0.15) is 0 Å². The molecular weight excluding hydrogens is 268 g/mol. The minimum Gasteiger partial charge on any atom is -0.503 e. The minimum atomic E-state index is -0.432. The molecule has 0 radical (unpaired) electrons. The Morgan fingerprint density at radius 3 is 2.71 bits per heavy atom. The van der Waals surface area contributed by atoms with E-state index >= 15 is 0 Å². The predicted octanol–water partition coefficient (Wildman–Crippen LogP) is 2.51. The summed E-state index contributed by atoms with van der Waals surface area (Å²) < 4.78 is 0. The zero-order valence-electron chi connectivity index (χ0n) is 13.4. The normalized spacial score (nSPS) is 16.1. The molecule has 5 heteroatoms. The van der Waals surface area contributed by atoms with Crippen LogP contribution in [0.1, 0.15) is 47.0 Å². The molecule has 0 fully saturated rings. The van der Waals surface area contributed by atoms with Crippen LogP contribution >= 0.6 is 0 Å². The Labute approximate surface area is 126 Å². The van der Waals surface area contributed by atoms with E-state index in [4.69, 9.17) is 0 Å². The number of nitrogens with zero attached hydrogens (tertiary/aromatic N) is 1. The highest BCUT2D eigenvalue weighted by Gasteiger charge is 2.28. The smallest absolute Gasteiger partial charge is 0.271 e. The van der Waals surface area contributed by atoms with Gasteiger partial charge in [-0.1, -0.05) is 26.8 Å². The maximum atomic E-state index is 12.4. The second-order valence-corrected chi connectivity index (χ2v) is 5.76. The van der Waals surface area contributed by atoms with Crippen molar-refractivity contribution in [1.82, 2.24) is 10.2 Å². The second-order valence-electron chi connectivity index (χ2n) is 5.76. The highest BCUT2D eigenvalue weighted by molar-refractivity contribution is 6.04. The topological polar surface area (TPSA) is 69.6 Å². The van der Waals surface area contributed by atoms with Crippen molar-refractivity contribution in [3.05, 3.63) is 23.2 Å². The van der Waals surface area contributed by atoms with E-state index in [1.54, 1.807) is 11.0 Å². The number of aliphatic hydroxyl groups excluding tert-OH is 1. The molecule has 118 valence electrons. The summed E-state index contributed by atoms with van der Waals surface area (Å²) in [5.41, 5.74) is 0.903. The van der Waals surface area contributed by atoms with Gasteiger partial charge in [-0.25, -0.2) is 0 Å². The molecule has 0 aromatic carbocycles. The van der Waals surface area contributed by atoms with E-state index < -0.39 is 11.5 Å². The molecule has 0 aromatic heterocycles. The quantitative estimate of drug-likeness (QED) is 0.789. The van der Waals surface area contributed by atoms with Gasteiger partial charge in [0.05, 0.1) is 0 Å². The molecule has 1 aliphatic rings. The van der Waals surface area contributed by atoms with Crippen molar-refractivity contribution in [3.8, 4) is 0 Å². The molecule has 0 saturated carbocycles. The van der Waals surface area contributed by atoms with Gasteiger partial charge in [0, 0.05) is 25.2 Å². The lowest BCUT2D eigenvalue weighted by atomic mass is 10.1. The van der Waals surface area contributed by atoms with Crippen molar-refractivity contribution in [3.63, 3.8) is 0 Å². The molecule has 5 nitrogen and oxygen atoms in total. The first-order valence-electron chi connectivity index (χ1n) is 7.57. The Morgan fingerprint density at radius 2 is 2.14 bits per heavy atom. The first-order valence-corrected chi connectivity index (χ1v) is 7.57. The maximum absolute atomic E-state index is 12.4. The summed E-state index contributed by atoms with van der Waals surface area (Å²) in [5, 5.41) is 12.9. The van der Waals surface area contributed by atoms with Crippen molar-refractivity contribution in [2.75, 3.05) is 13.1 Å². The van der Waals surface area contributed by atoms with Gasteiger partial charge < -0.3 is 15.3 Å². The van der Waals surface area contributed by atoms with Gasteiger partial charge in [0.15, 0.2) is 11.5 Å². The number of amides is 1. The molecule has 0 bridgehead atoms. The molecule has 0 unspecified atom stereocenters. The average Bonchev–Trinajstić information content (AvgIpc) is 2.51. The average molecular weight is 294 g/mol. The third-order valence-corrected chi connectivity index (χ3v) is 3.44. The first-order chi connectivity index (χ1) is 9.88. The molecule has 1 aliphatic heterocycles. The fourth-order valence-corrected chi connectivity index (χ4v) is 2.18. The number of carbonyl (C=O) groups is 2. The van der Waals surface area contributed by atoms with Gasteiger partial charge in [-0.3, -0.25) is 9.59 Å². The summed E-state index contributed by atoms with van der Waals surface area (Å²) in [7, 11) is 0. The van der Waals surface area contributed by atoms with Gasteiger partial charge in [-0.15, -0.1) is 0 Å². The summed E-state index contributed by atoms with van der Waals surface area (Å²) in [6.07, 6.45) is 3.55. The Hall–Kier alpha value is -1.78. The van der Waals surface area contributed by atoms with E-state index in [0.717, 1.165) is 18.5 Å². The van der Waals surface area contributed by atoms with Gasteiger partial charge in [0.2, 0.25) is 5.78 Å². The number of nitrogens with one attached hydrogen (secondary N) is 1. The van der Waals surface area contributed by atoms with Crippen molar-refractivity contribution in [1.29, 1.82) is 0 Å². The van der Waals surface area contributed by atoms with Gasteiger partial charge in [0.25, 0.3) is 5.91 Å². The highest BCUT2D eigenvalue weighted by atomic mass is 16.3. The minimum absolute atomic E-state index is 0.0804. The largest absolute Gasteiger partial charge is 0.503 e. The third kappa shape index (κ3) is 4.62. The summed E-state index contributed by atoms with van der Waals surface area (Å²) in [5.74, 6) is -0.748. The molecule has 2 N–H and O–H groups in total. The number of carbonyl (C=O) groups excluding carboxylic acids is 2. The van der Waals surface area contributed by atoms with Gasteiger partial charge in [0.1, 0.15) is 0 Å². The van der Waals surface area contributed by atoms with Crippen molar-refractivity contribution in [2.24, 2.45) is 5.92 Å². The van der Waals surface area contributed by atoms with E-state index in [1.165, 1.54) is 0 Å². The van der Waals surface area contributed by atoms with Gasteiger partial charge in [-0.05, 0) is 25.7 Å². The van der Waals surface area contributed by atoms with E-state index in [1.807, 2.05) is 13.8 Å². The molecule has 0 atom stereocenters. The molecule has 0 spiro atoms. The van der Waals surface area contributed by atoms with Crippen LogP contribution in [0, 0.1) is 5.92 Å². The van der Waals surface area contributed by atoms with Crippen molar-refractivity contribution >= 4 is 11.7 Å². The van der Waals surface area contributed by atoms with Crippen LogP contribution in [0.25, 0.3) is 0 Å². The Kier molecular flexibility index (Phi) is 6.46. The molecule has 1 heterocycles. The number of hydrogen-bond acceptors (Lipinski definition) is 4. The molecule has 0 aliphatic carbocycles. The number of aliphatic hydroxyl groups is 1. The fourth-order valence-electron chi connectivity index (χ4n) is 2.18. The van der Waals surface area contributed by atoms with E-state index in [9.17, 15) is 14.7 Å². The van der Waals surface area contributed by atoms with E-state index in [2.05, 4.69) is 19.2 Å².